The Labute approximate surface area is 211 Å². The highest BCUT2D eigenvalue weighted by molar-refractivity contribution is 7.13. The van der Waals surface area contributed by atoms with Crippen LogP contribution >= 0.6 is 11.3 Å². The fraction of sp³-hybridized carbons (Fsp3) is 0.423. The molecule has 35 heavy (non-hydrogen) atoms. The minimum Gasteiger partial charge on any atom is -0.481 e. The van der Waals surface area contributed by atoms with Gasteiger partial charge in [-0.05, 0) is 44.0 Å². The second kappa shape index (κ2) is 12.4. The van der Waals surface area contributed by atoms with E-state index in [2.05, 4.69) is 28.8 Å². The Kier molecular flexibility index (Phi) is 9.31. The van der Waals surface area contributed by atoms with Crippen LogP contribution in [0.25, 0.3) is 10.6 Å². The molecule has 0 unspecified atom stereocenters. The van der Waals surface area contributed by atoms with Gasteiger partial charge in [-0.25, -0.2) is 15.0 Å². The van der Waals surface area contributed by atoms with Gasteiger partial charge in [0, 0.05) is 50.1 Å². The molecule has 1 saturated heterocycles. The van der Waals surface area contributed by atoms with Crippen molar-refractivity contribution in [2.45, 2.75) is 46.1 Å². The fourth-order valence-electron chi connectivity index (χ4n) is 3.75. The number of hydrogen-bond acceptors (Lipinski definition) is 7. The summed E-state index contributed by atoms with van der Waals surface area (Å²) in [5.74, 6) is 1.79. The van der Waals surface area contributed by atoms with Crippen molar-refractivity contribution in [3.63, 3.8) is 0 Å². The molecular formula is C26H33N5O3S. The first kappa shape index (κ1) is 26.3. The summed E-state index contributed by atoms with van der Waals surface area (Å²) >= 11 is 1.59. The first-order valence-electron chi connectivity index (χ1n) is 11.8. The Morgan fingerprint density at radius 1 is 1.14 bits per heavy atom. The van der Waals surface area contributed by atoms with Crippen LogP contribution in [0.2, 0.25) is 0 Å². The number of benzene rings is 1. The number of carbonyl (C=O) groups is 2. The number of aryl methyl sites for hydroxylation is 1. The Morgan fingerprint density at radius 3 is 2.31 bits per heavy atom. The van der Waals surface area contributed by atoms with Crippen LogP contribution in [0.3, 0.4) is 0 Å². The van der Waals surface area contributed by atoms with Gasteiger partial charge in [-0.2, -0.15) is 0 Å². The monoisotopic (exact) mass is 495 g/mol. The van der Waals surface area contributed by atoms with Crippen molar-refractivity contribution in [2.75, 3.05) is 25.5 Å². The maximum Gasteiger partial charge on any atom is 0.268 e. The number of amides is 2. The lowest BCUT2D eigenvalue weighted by molar-refractivity contribution is -0.133. The Hall–Kier alpha value is -3.33. The molecule has 9 heteroatoms. The third-order valence-electron chi connectivity index (χ3n) is 5.82. The molecule has 0 bridgehead atoms. The highest BCUT2D eigenvalue weighted by Gasteiger charge is 2.34. The molecule has 186 valence electrons. The predicted octanol–water partition coefficient (Wildman–Crippen LogP) is 4.60. The van der Waals surface area contributed by atoms with E-state index in [1.807, 2.05) is 36.6 Å². The van der Waals surface area contributed by atoms with E-state index in [9.17, 15) is 9.59 Å². The van der Waals surface area contributed by atoms with E-state index in [-0.39, 0.29) is 17.7 Å². The lowest BCUT2D eigenvalue weighted by Gasteiger charge is -2.16. The van der Waals surface area contributed by atoms with Crippen molar-refractivity contribution in [2.24, 2.45) is 5.92 Å². The summed E-state index contributed by atoms with van der Waals surface area (Å²) in [6, 6.07) is 7.67. The second-order valence-corrected chi connectivity index (χ2v) is 9.38. The van der Waals surface area contributed by atoms with Gasteiger partial charge in [0.05, 0.1) is 18.1 Å². The Morgan fingerprint density at radius 2 is 1.80 bits per heavy atom. The van der Waals surface area contributed by atoms with Crippen molar-refractivity contribution < 1.29 is 14.3 Å². The van der Waals surface area contributed by atoms with Crippen molar-refractivity contribution in [3.8, 4) is 16.3 Å². The highest BCUT2D eigenvalue weighted by Crippen LogP contribution is 2.27. The molecule has 2 aromatic heterocycles. The van der Waals surface area contributed by atoms with E-state index in [4.69, 9.17) is 4.74 Å². The lowest BCUT2D eigenvalue weighted by Crippen LogP contribution is -2.32. The molecule has 2 amide bonds. The van der Waals surface area contributed by atoms with Crippen LogP contribution in [0.5, 0.6) is 5.75 Å². The fourth-order valence-corrected chi connectivity index (χ4v) is 4.40. The zero-order chi connectivity index (χ0) is 25.4. The van der Waals surface area contributed by atoms with E-state index in [0.29, 0.717) is 30.2 Å². The number of aromatic nitrogens is 3. The summed E-state index contributed by atoms with van der Waals surface area (Å²) in [6.07, 6.45) is 7.19. The van der Waals surface area contributed by atoms with E-state index >= 15 is 0 Å². The van der Waals surface area contributed by atoms with E-state index in [0.717, 1.165) is 23.4 Å². The van der Waals surface area contributed by atoms with Crippen LogP contribution in [-0.4, -0.2) is 58.4 Å². The molecule has 1 fully saturated rings. The molecule has 4 rings (SSSR count). The molecule has 8 nitrogen and oxygen atoms in total. The van der Waals surface area contributed by atoms with Gasteiger partial charge < -0.3 is 14.5 Å². The van der Waals surface area contributed by atoms with Crippen LogP contribution in [0, 0.1) is 12.8 Å². The minimum atomic E-state index is -0.480. The first-order chi connectivity index (χ1) is 16.8. The third-order valence-corrected chi connectivity index (χ3v) is 6.65. The molecule has 0 saturated carbocycles. The molecule has 1 aliphatic rings. The van der Waals surface area contributed by atoms with Crippen LogP contribution in [0.1, 0.15) is 38.9 Å². The highest BCUT2D eigenvalue weighted by atomic mass is 32.1. The van der Waals surface area contributed by atoms with Gasteiger partial charge in [-0.3, -0.25) is 9.59 Å². The standard InChI is InChI=1S/C18H16N4O2S.C8H17NO/c1-12-20-10-14(11-21-12)22-8-6-16(18(22)23)24-15-4-2-13(3-5-15)17-19-7-9-25-17;1-5-7(6-2)8(10)9(3)4/h2-5,7,9-11,16H,6,8H2,1H3;7H,5-6H2,1-4H3/t16-;/m1./s1. The lowest BCUT2D eigenvalue weighted by atomic mass is 10.0. The van der Waals surface area contributed by atoms with Crippen molar-refractivity contribution in [3.05, 3.63) is 54.1 Å². The predicted molar refractivity (Wildman–Crippen MR) is 138 cm³/mol. The zero-order valence-electron chi connectivity index (χ0n) is 21.0. The summed E-state index contributed by atoms with van der Waals surface area (Å²) < 4.78 is 5.89. The van der Waals surface area contributed by atoms with Gasteiger partial charge in [0.25, 0.3) is 5.91 Å². The number of ether oxygens (including phenoxy) is 1. The SMILES string of the molecule is CCC(CC)C(=O)N(C)C.Cc1ncc(N2CC[C@@H](Oc3ccc(-c4nccs4)cc3)C2=O)cn1. The molecule has 0 radical (unpaired) electrons. The number of thiazole rings is 1. The van der Waals surface area contributed by atoms with E-state index in [1.54, 1.807) is 53.8 Å². The third kappa shape index (κ3) is 6.85. The molecule has 1 atom stereocenters. The Balaban J connectivity index is 0.000000292. The summed E-state index contributed by atoms with van der Waals surface area (Å²) in [5.41, 5.74) is 1.75. The number of rotatable bonds is 7. The largest absolute Gasteiger partial charge is 0.481 e. The molecule has 3 aromatic rings. The second-order valence-electron chi connectivity index (χ2n) is 8.48. The average Bonchev–Trinajstić information content (AvgIpc) is 3.52. The quantitative estimate of drug-likeness (QED) is 0.476. The summed E-state index contributed by atoms with van der Waals surface area (Å²) in [6.45, 7) is 6.52. The molecule has 1 aromatic carbocycles. The van der Waals surface area contributed by atoms with Crippen LogP contribution in [0.15, 0.2) is 48.2 Å². The van der Waals surface area contributed by atoms with Crippen molar-refractivity contribution >= 4 is 28.8 Å². The molecule has 1 aliphatic heterocycles. The number of nitrogens with zero attached hydrogens (tertiary/aromatic N) is 5. The van der Waals surface area contributed by atoms with Gasteiger partial charge in [0.15, 0.2) is 6.10 Å². The van der Waals surface area contributed by atoms with Crippen molar-refractivity contribution in [1.29, 1.82) is 0 Å². The molecule has 0 spiro atoms. The topological polar surface area (TPSA) is 88.5 Å². The average molecular weight is 496 g/mol. The maximum atomic E-state index is 12.6. The number of hydrogen-bond donors (Lipinski definition) is 0. The van der Waals surface area contributed by atoms with Gasteiger partial charge in [0.1, 0.15) is 16.6 Å². The van der Waals surface area contributed by atoms with Gasteiger partial charge in [-0.1, -0.05) is 13.8 Å². The zero-order valence-corrected chi connectivity index (χ0v) is 21.8. The van der Waals surface area contributed by atoms with E-state index in [1.165, 1.54) is 0 Å². The van der Waals surface area contributed by atoms with E-state index < -0.39 is 6.10 Å². The van der Waals surface area contributed by atoms with Gasteiger partial charge >= 0.3 is 0 Å². The maximum absolute atomic E-state index is 12.6. The van der Waals surface area contributed by atoms with Crippen LogP contribution < -0.4 is 9.64 Å². The van der Waals surface area contributed by atoms with Crippen molar-refractivity contribution in [1.82, 2.24) is 19.9 Å². The molecule has 0 aliphatic carbocycles. The molecule has 0 N–H and O–H groups in total. The van der Waals surface area contributed by atoms with Crippen LogP contribution in [0.4, 0.5) is 5.69 Å². The minimum absolute atomic E-state index is 0.0588. The van der Waals surface area contributed by atoms with Gasteiger partial charge in [-0.15, -0.1) is 11.3 Å². The van der Waals surface area contributed by atoms with Gasteiger partial charge in [0.2, 0.25) is 5.91 Å². The summed E-state index contributed by atoms with van der Waals surface area (Å²) in [7, 11) is 3.61. The molecule has 3 heterocycles. The normalized spacial score (nSPS) is 15.1. The summed E-state index contributed by atoms with van der Waals surface area (Å²) in [5, 5.41) is 2.91. The number of carbonyl (C=O) groups excluding carboxylic acids is 2. The molecular weight excluding hydrogens is 462 g/mol. The smallest absolute Gasteiger partial charge is 0.268 e. The Bertz CT molecular complexity index is 1080. The van der Waals surface area contributed by atoms with Crippen LogP contribution in [-0.2, 0) is 9.59 Å². The summed E-state index contributed by atoms with van der Waals surface area (Å²) in [4.78, 5) is 39.7. The first-order valence-corrected chi connectivity index (χ1v) is 12.7. The number of anilines is 1.